The zero-order valence-electron chi connectivity index (χ0n) is 10.2. The lowest BCUT2D eigenvalue weighted by Crippen LogP contribution is -2.15. The van der Waals surface area contributed by atoms with Gasteiger partial charge >= 0.3 is 0 Å². The van der Waals surface area contributed by atoms with Crippen molar-refractivity contribution in [3.63, 3.8) is 0 Å². The van der Waals surface area contributed by atoms with E-state index in [4.69, 9.17) is 0 Å². The minimum Gasteiger partial charge on any atom is -0.282 e. The molecule has 0 aliphatic rings. The molecular weight excluding hydrogens is 254 g/mol. The second-order valence-electron chi connectivity index (χ2n) is 4.06. The molecule has 0 saturated heterocycles. The van der Waals surface area contributed by atoms with Gasteiger partial charge in [-0.25, -0.2) is 0 Å². The lowest BCUT2D eigenvalue weighted by Gasteiger charge is -2.13. The van der Waals surface area contributed by atoms with Gasteiger partial charge < -0.3 is 0 Å². The number of hydrogen-bond donors (Lipinski definition) is 0. The van der Waals surface area contributed by atoms with E-state index in [0.29, 0.717) is 4.83 Å². The molecule has 0 aliphatic carbocycles. The van der Waals surface area contributed by atoms with E-state index in [2.05, 4.69) is 46.7 Å². The third-order valence-corrected chi connectivity index (χ3v) is 2.90. The Kier molecular flexibility index (Phi) is 7.65. The second-order valence-corrected chi connectivity index (χ2v) is 5.51. The fraction of sp³-hybridized carbons (Fsp3) is 0.818. The van der Waals surface area contributed by atoms with E-state index in [1.807, 2.05) is 19.0 Å². The van der Waals surface area contributed by atoms with Gasteiger partial charge in [0.2, 0.25) is 0 Å². The maximum absolute atomic E-state index is 4.20. The minimum atomic E-state index is 0.216. The van der Waals surface area contributed by atoms with Crippen LogP contribution in [0.25, 0.3) is 0 Å². The summed E-state index contributed by atoms with van der Waals surface area (Å²) < 4.78 is 0. The van der Waals surface area contributed by atoms with Gasteiger partial charge in [-0.1, -0.05) is 33.7 Å². The third kappa shape index (κ3) is 8.60. The highest BCUT2D eigenvalue weighted by Crippen LogP contribution is 2.08. The van der Waals surface area contributed by atoms with Crippen molar-refractivity contribution in [2.24, 2.45) is 10.3 Å². The van der Waals surface area contributed by atoms with E-state index in [9.17, 15) is 0 Å². The number of allylic oxidation sites excluding steroid dienone is 1. The molecule has 0 rings (SSSR count). The zero-order valence-corrected chi connectivity index (χ0v) is 11.8. The average Bonchev–Trinajstić information content (AvgIpc) is 2.13. The van der Waals surface area contributed by atoms with Crippen LogP contribution in [0.1, 0.15) is 33.6 Å². The summed E-state index contributed by atoms with van der Waals surface area (Å²) in [6, 6.07) is 0.216. The van der Waals surface area contributed by atoms with Crippen LogP contribution in [0.15, 0.2) is 22.5 Å². The SMILES string of the molecule is C=C(C)CCCN(C)/N=N\[C@@H](C)C(C)Br. The predicted octanol–water partition coefficient (Wildman–Crippen LogP) is 3.81. The Hall–Kier alpha value is -0.380. The summed E-state index contributed by atoms with van der Waals surface area (Å²) in [7, 11) is 1.95. The van der Waals surface area contributed by atoms with E-state index in [1.165, 1.54) is 5.57 Å². The molecule has 0 amide bonds. The summed E-state index contributed by atoms with van der Waals surface area (Å²) in [4.78, 5) is 0.366. The van der Waals surface area contributed by atoms with Crippen molar-refractivity contribution < 1.29 is 0 Å². The minimum absolute atomic E-state index is 0.216. The van der Waals surface area contributed by atoms with Crippen LogP contribution in [0.5, 0.6) is 0 Å². The van der Waals surface area contributed by atoms with Gasteiger partial charge in [0.15, 0.2) is 0 Å². The number of rotatable bonds is 7. The molecule has 0 N–H and O–H groups in total. The van der Waals surface area contributed by atoms with Crippen molar-refractivity contribution in [1.82, 2.24) is 5.01 Å². The first-order chi connectivity index (χ1) is 6.93. The summed E-state index contributed by atoms with van der Waals surface area (Å²) in [5.74, 6) is 0. The largest absolute Gasteiger partial charge is 0.282 e. The van der Waals surface area contributed by atoms with Crippen LogP contribution < -0.4 is 0 Å². The van der Waals surface area contributed by atoms with E-state index >= 15 is 0 Å². The first-order valence-electron chi connectivity index (χ1n) is 5.33. The molecule has 1 unspecified atom stereocenters. The molecule has 0 bridgehead atoms. The van der Waals surface area contributed by atoms with Crippen molar-refractivity contribution >= 4 is 15.9 Å². The normalized spacial score (nSPS) is 15.3. The summed E-state index contributed by atoms with van der Waals surface area (Å²) in [6.07, 6.45) is 2.15. The molecule has 0 aromatic carbocycles. The Morgan fingerprint density at radius 2 is 2.07 bits per heavy atom. The van der Waals surface area contributed by atoms with Crippen LogP contribution >= 0.6 is 15.9 Å². The Bertz CT molecular complexity index is 214. The molecular formula is C11H22BrN3. The van der Waals surface area contributed by atoms with Crippen LogP contribution in [0.3, 0.4) is 0 Å². The van der Waals surface area contributed by atoms with Crippen molar-refractivity contribution in [2.75, 3.05) is 13.6 Å². The topological polar surface area (TPSA) is 28.0 Å². The zero-order chi connectivity index (χ0) is 11.8. The van der Waals surface area contributed by atoms with Gasteiger partial charge in [0, 0.05) is 18.4 Å². The molecule has 0 spiro atoms. The van der Waals surface area contributed by atoms with E-state index < -0.39 is 0 Å². The predicted molar refractivity (Wildman–Crippen MR) is 69.4 cm³/mol. The molecule has 0 radical (unpaired) electrons. The number of hydrogen-bond acceptors (Lipinski definition) is 2. The molecule has 0 saturated carbocycles. The number of alkyl halides is 1. The Morgan fingerprint density at radius 1 is 1.47 bits per heavy atom. The number of halogens is 1. The van der Waals surface area contributed by atoms with E-state index in [0.717, 1.165) is 19.4 Å². The third-order valence-electron chi connectivity index (χ3n) is 2.14. The van der Waals surface area contributed by atoms with E-state index in [1.54, 1.807) is 0 Å². The lowest BCUT2D eigenvalue weighted by molar-refractivity contribution is 0.315. The van der Waals surface area contributed by atoms with Crippen LogP contribution in [-0.4, -0.2) is 29.5 Å². The van der Waals surface area contributed by atoms with Crippen molar-refractivity contribution in [2.45, 2.75) is 44.5 Å². The highest BCUT2D eigenvalue weighted by atomic mass is 79.9. The molecule has 0 fully saturated rings. The van der Waals surface area contributed by atoms with E-state index in [-0.39, 0.29) is 6.04 Å². The molecule has 4 heteroatoms. The molecule has 0 aromatic rings. The first-order valence-corrected chi connectivity index (χ1v) is 6.25. The molecule has 15 heavy (non-hydrogen) atoms. The summed E-state index contributed by atoms with van der Waals surface area (Å²) in [5.41, 5.74) is 1.22. The van der Waals surface area contributed by atoms with Gasteiger partial charge in [-0.05, 0) is 26.7 Å². The average molecular weight is 276 g/mol. The maximum Gasteiger partial charge on any atom is 0.0823 e. The summed E-state index contributed by atoms with van der Waals surface area (Å²) in [6.45, 7) is 11.0. The molecule has 88 valence electrons. The highest BCUT2D eigenvalue weighted by molar-refractivity contribution is 9.09. The standard InChI is InChI=1S/C11H22BrN3/c1-9(2)7-6-8-15(5)14-13-11(4)10(3)12/h10-11H,1,6-8H2,2-5H3/b14-13-/t10?,11-/m0/s1. The molecule has 0 heterocycles. The van der Waals surface area contributed by atoms with Gasteiger partial charge in [-0.2, -0.15) is 5.11 Å². The summed E-state index contributed by atoms with van der Waals surface area (Å²) in [5, 5.41) is 10.2. The molecule has 2 atom stereocenters. The van der Waals surface area contributed by atoms with Crippen LogP contribution in [0, 0.1) is 0 Å². The van der Waals surface area contributed by atoms with Gasteiger partial charge in [0.25, 0.3) is 0 Å². The van der Waals surface area contributed by atoms with Crippen LogP contribution in [-0.2, 0) is 0 Å². The maximum atomic E-state index is 4.20. The van der Waals surface area contributed by atoms with Crippen LogP contribution in [0.2, 0.25) is 0 Å². The quantitative estimate of drug-likeness (QED) is 0.301. The highest BCUT2D eigenvalue weighted by Gasteiger charge is 2.06. The van der Waals surface area contributed by atoms with Crippen molar-refractivity contribution in [1.29, 1.82) is 0 Å². The second kappa shape index (κ2) is 7.85. The fourth-order valence-electron chi connectivity index (χ4n) is 0.916. The monoisotopic (exact) mass is 275 g/mol. The fourth-order valence-corrected chi connectivity index (χ4v) is 1.02. The first kappa shape index (κ1) is 14.6. The van der Waals surface area contributed by atoms with Gasteiger partial charge in [0.05, 0.1) is 6.04 Å². The van der Waals surface area contributed by atoms with Crippen molar-refractivity contribution in [3.8, 4) is 0 Å². The van der Waals surface area contributed by atoms with Gasteiger partial charge in [0.1, 0.15) is 0 Å². The number of nitrogens with zero attached hydrogens (tertiary/aromatic N) is 3. The molecule has 3 nitrogen and oxygen atoms in total. The molecule has 0 aliphatic heterocycles. The van der Waals surface area contributed by atoms with Crippen molar-refractivity contribution in [3.05, 3.63) is 12.2 Å². The summed E-state index contributed by atoms with van der Waals surface area (Å²) >= 11 is 3.48. The Labute approximate surface area is 102 Å². The smallest absolute Gasteiger partial charge is 0.0823 e. The lowest BCUT2D eigenvalue weighted by atomic mass is 10.2. The Morgan fingerprint density at radius 3 is 2.53 bits per heavy atom. The molecule has 0 aromatic heterocycles. The van der Waals surface area contributed by atoms with Crippen LogP contribution in [0.4, 0.5) is 0 Å². The van der Waals surface area contributed by atoms with Gasteiger partial charge in [-0.3, -0.25) is 5.01 Å². The Balaban J connectivity index is 3.72. The van der Waals surface area contributed by atoms with Gasteiger partial charge in [-0.15, -0.1) is 6.58 Å².